The van der Waals surface area contributed by atoms with Crippen LogP contribution < -0.4 is 15.7 Å². The van der Waals surface area contributed by atoms with Gasteiger partial charge >= 0.3 is 12.3 Å². The fourth-order valence-electron chi connectivity index (χ4n) is 4.57. The lowest BCUT2D eigenvalue weighted by Gasteiger charge is -2.44. The molecule has 0 saturated carbocycles. The first kappa shape index (κ1) is 28.1. The number of halogens is 2. The van der Waals surface area contributed by atoms with Crippen LogP contribution in [0.5, 0.6) is 5.75 Å². The Kier molecular flexibility index (Phi) is 7.38. The van der Waals surface area contributed by atoms with E-state index in [-0.39, 0.29) is 34.4 Å². The predicted molar refractivity (Wildman–Crippen MR) is 143 cm³/mol. The van der Waals surface area contributed by atoms with Gasteiger partial charge in [-0.1, -0.05) is 6.07 Å². The number of carbonyl (C=O) groups is 1. The van der Waals surface area contributed by atoms with E-state index in [1.165, 1.54) is 27.3 Å². The quantitative estimate of drug-likeness (QED) is 0.334. The number of carbonyl (C=O) groups excluding carboxylic acids is 1. The summed E-state index contributed by atoms with van der Waals surface area (Å²) in [5, 5.41) is 13.7. The first-order chi connectivity index (χ1) is 17.6. The fraction of sp³-hybridized carbons (Fsp3) is 0.462. The van der Waals surface area contributed by atoms with Gasteiger partial charge in [-0.25, -0.2) is 4.79 Å². The summed E-state index contributed by atoms with van der Waals surface area (Å²) in [7, 11) is -2.62. The lowest BCUT2D eigenvalue weighted by Crippen LogP contribution is -2.50. The van der Waals surface area contributed by atoms with Crippen molar-refractivity contribution in [3.63, 3.8) is 0 Å². The molecular formula is C26H33F2N3O6S. The molecule has 1 amide bonds. The van der Waals surface area contributed by atoms with Crippen LogP contribution in [0.1, 0.15) is 56.9 Å². The smallest absolute Gasteiger partial charge is 0.387 e. The molecular weight excluding hydrogens is 520 g/mol. The number of alkyl halides is 2. The summed E-state index contributed by atoms with van der Waals surface area (Å²) in [5.74, 6) is -0.0809. The van der Waals surface area contributed by atoms with E-state index in [0.717, 1.165) is 0 Å². The number of ether oxygens (including phenoxy) is 1. The molecule has 1 aliphatic rings. The van der Waals surface area contributed by atoms with Gasteiger partial charge in [-0.05, 0) is 70.9 Å². The van der Waals surface area contributed by atoms with Gasteiger partial charge in [0, 0.05) is 28.7 Å². The van der Waals surface area contributed by atoms with Gasteiger partial charge in [0.15, 0.2) is 0 Å². The van der Waals surface area contributed by atoms with E-state index < -0.39 is 40.1 Å². The molecule has 12 heteroatoms. The van der Waals surface area contributed by atoms with Gasteiger partial charge in [-0.3, -0.25) is 23.0 Å². The third kappa shape index (κ3) is 5.73. The Bertz CT molecular complexity index is 1400. The third-order valence-corrected chi connectivity index (χ3v) is 8.94. The molecule has 0 radical (unpaired) electrons. The van der Waals surface area contributed by atoms with Crippen molar-refractivity contribution in [2.24, 2.45) is 0 Å². The highest BCUT2D eigenvalue weighted by molar-refractivity contribution is 8.24. The van der Waals surface area contributed by atoms with E-state index in [4.69, 9.17) is 0 Å². The van der Waals surface area contributed by atoms with E-state index >= 15 is 0 Å². The van der Waals surface area contributed by atoms with Gasteiger partial charge in [0.1, 0.15) is 5.75 Å². The summed E-state index contributed by atoms with van der Waals surface area (Å²) in [6.45, 7) is 3.63. The van der Waals surface area contributed by atoms with E-state index in [2.05, 4.69) is 10.1 Å². The van der Waals surface area contributed by atoms with Gasteiger partial charge in [-0.15, -0.1) is 0 Å². The lowest BCUT2D eigenvalue weighted by atomic mass is 9.94. The summed E-state index contributed by atoms with van der Waals surface area (Å²) >= 11 is 0. The van der Waals surface area contributed by atoms with E-state index in [1.54, 1.807) is 45.0 Å². The molecule has 208 valence electrons. The average Bonchev–Trinajstić information content (AvgIpc) is 3.10. The molecule has 9 nitrogen and oxygen atoms in total. The Morgan fingerprint density at radius 1 is 1.13 bits per heavy atom. The van der Waals surface area contributed by atoms with E-state index in [1.807, 2.05) is 6.92 Å². The second-order valence-electron chi connectivity index (χ2n) is 10.6. The number of amides is 1. The molecule has 1 unspecified atom stereocenters. The van der Waals surface area contributed by atoms with Crippen molar-refractivity contribution in [2.75, 3.05) is 11.5 Å². The highest BCUT2D eigenvalue weighted by atomic mass is 32.3. The third-order valence-electron chi connectivity index (χ3n) is 7.22. The topological polar surface area (TPSA) is 126 Å². The molecule has 38 heavy (non-hydrogen) atoms. The number of benzene rings is 2. The minimum Gasteiger partial charge on any atom is -0.435 e. The van der Waals surface area contributed by atoms with Gasteiger partial charge in [-0.2, -0.15) is 19.4 Å². The maximum absolute atomic E-state index is 13.7. The molecule has 1 fully saturated rings. The zero-order valence-corrected chi connectivity index (χ0v) is 22.5. The Hall–Kier alpha value is -2.93. The highest BCUT2D eigenvalue weighted by Gasteiger charge is 2.35. The van der Waals surface area contributed by atoms with Crippen LogP contribution in [-0.4, -0.2) is 58.5 Å². The number of fused-ring (bicyclic) bond motifs is 1. The molecule has 1 aromatic heterocycles. The Balaban J connectivity index is 1.80. The van der Waals surface area contributed by atoms with Gasteiger partial charge in [0.05, 0.1) is 28.4 Å². The molecule has 4 N–H and O–H groups in total. The summed E-state index contributed by atoms with van der Waals surface area (Å²) in [4.78, 5) is 27.0. The second-order valence-corrected chi connectivity index (χ2v) is 13.0. The molecule has 1 atom stereocenters. The van der Waals surface area contributed by atoms with Crippen LogP contribution in [-0.2, 0) is 0 Å². The highest BCUT2D eigenvalue weighted by Crippen LogP contribution is 2.46. The lowest BCUT2D eigenvalue weighted by molar-refractivity contribution is -0.0498. The van der Waals surface area contributed by atoms with Gasteiger partial charge in [0.2, 0.25) is 0 Å². The number of nitrogens with zero attached hydrogens (tertiary/aromatic N) is 2. The van der Waals surface area contributed by atoms with Crippen molar-refractivity contribution in [1.29, 1.82) is 0 Å². The van der Waals surface area contributed by atoms with Gasteiger partial charge in [0.25, 0.3) is 5.91 Å². The van der Waals surface area contributed by atoms with Crippen LogP contribution in [0.3, 0.4) is 0 Å². The van der Waals surface area contributed by atoms with Crippen molar-refractivity contribution >= 4 is 27.5 Å². The summed E-state index contributed by atoms with van der Waals surface area (Å²) in [6.07, 6.45) is 0.828. The van der Waals surface area contributed by atoms with Crippen LogP contribution in [0.4, 0.5) is 8.78 Å². The number of hydrogen-bond donors (Lipinski definition) is 4. The minimum atomic E-state index is -3.03. The fourth-order valence-corrected chi connectivity index (χ4v) is 6.33. The van der Waals surface area contributed by atoms with Crippen LogP contribution in [0.2, 0.25) is 0 Å². The van der Waals surface area contributed by atoms with Crippen LogP contribution in [0.15, 0.2) is 47.3 Å². The molecule has 0 aliphatic carbocycles. The number of imidazole rings is 1. The standard InChI is InChI=1S/C26H33F2N3O6S/c1-16(25(2,3)34)30-21-14-17(22(32)29-26(4)10-12-38(35,36)13-11-26)8-9-20(21)31(24(30)33)18-6-5-7-19(15-18)37-23(27)28/h5-9,14-16,23,34-36H,10-13H2,1-4H3,(H,29,32). The maximum atomic E-state index is 13.7. The predicted octanol–water partition coefficient (Wildman–Crippen LogP) is 4.76. The van der Waals surface area contributed by atoms with Crippen molar-refractivity contribution in [1.82, 2.24) is 14.5 Å². The molecule has 2 heterocycles. The van der Waals surface area contributed by atoms with Gasteiger partial charge < -0.3 is 15.2 Å². The number of hydrogen-bond acceptors (Lipinski definition) is 6. The normalized spacial score (nSPS) is 18.8. The van der Waals surface area contributed by atoms with Crippen molar-refractivity contribution in [3.8, 4) is 11.4 Å². The summed E-state index contributed by atoms with van der Waals surface area (Å²) in [6, 6.07) is 9.75. The average molecular weight is 554 g/mol. The zero-order valence-electron chi connectivity index (χ0n) is 21.6. The molecule has 0 bridgehead atoms. The first-order valence-electron chi connectivity index (χ1n) is 12.2. The van der Waals surface area contributed by atoms with Crippen LogP contribution in [0, 0.1) is 0 Å². The van der Waals surface area contributed by atoms with E-state index in [0.29, 0.717) is 23.9 Å². The van der Waals surface area contributed by atoms with E-state index in [9.17, 15) is 32.6 Å². The number of nitrogens with one attached hydrogen (secondary N) is 1. The number of rotatable bonds is 7. The largest absolute Gasteiger partial charge is 0.435 e. The molecule has 1 saturated heterocycles. The van der Waals surface area contributed by atoms with Crippen LogP contribution in [0.25, 0.3) is 16.7 Å². The second kappa shape index (κ2) is 9.99. The monoisotopic (exact) mass is 553 g/mol. The Morgan fingerprint density at radius 3 is 2.39 bits per heavy atom. The Morgan fingerprint density at radius 2 is 1.79 bits per heavy atom. The maximum Gasteiger partial charge on any atom is 0.387 e. The molecule has 0 spiro atoms. The van der Waals surface area contributed by atoms with Crippen molar-refractivity contribution in [3.05, 3.63) is 58.5 Å². The zero-order chi connectivity index (χ0) is 28.0. The number of aromatic nitrogens is 2. The minimum absolute atomic E-state index is 0.117. The number of aliphatic hydroxyl groups is 1. The summed E-state index contributed by atoms with van der Waals surface area (Å²) in [5.41, 5.74) is -1.10. The van der Waals surface area contributed by atoms with Crippen LogP contribution >= 0.6 is 10.6 Å². The Labute approximate surface area is 220 Å². The molecule has 2 aromatic carbocycles. The van der Waals surface area contributed by atoms with Crippen molar-refractivity contribution < 1.29 is 32.5 Å². The molecule has 1 aliphatic heterocycles. The first-order valence-corrected chi connectivity index (χ1v) is 14.1. The SMILES string of the molecule is CC(n1c(=O)n(-c2cccc(OC(F)F)c2)c2ccc(C(=O)NC3(C)CCS(O)(O)CC3)cc21)C(C)(C)O. The molecule has 3 aromatic rings. The summed E-state index contributed by atoms with van der Waals surface area (Å²) < 4.78 is 52.7. The molecule has 4 rings (SSSR count). The van der Waals surface area contributed by atoms with Crippen molar-refractivity contribution in [2.45, 2.75) is 64.3 Å².